The SMILES string of the molecule is [CH2]CCCP(C)C. The van der Waals surface area contributed by atoms with Crippen LogP contribution in [-0.4, -0.2) is 19.5 Å². The van der Waals surface area contributed by atoms with Crippen LogP contribution in [0.1, 0.15) is 12.8 Å². The Morgan fingerprint density at radius 2 is 2.00 bits per heavy atom. The first-order valence-electron chi connectivity index (χ1n) is 2.71. The van der Waals surface area contributed by atoms with Crippen molar-refractivity contribution in [3.63, 3.8) is 0 Å². The van der Waals surface area contributed by atoms with Gasteiger partial charge in [0.25, 0.3) is 0 Å². The van der Waals surface area contributed by atoms with E-state index in [9.17, 15) is 0 Å². The van der Waals surface area contributed by atoms with E-state index in [1.807, 2.05) is 0 Å². The lowest BCUT2D eigenvalue weighted by Crippen LogP contribution is -1.77. The van der Waals surface area contributed by atoms with Crippen LogP contribution in [0.5, 0.6) is 0 Å². The van der Waals surface area contributed by atoms with E-state index in [1.54, 1.807) is 0 Å². The third-order valence-corrected chi connectivity index (χ3v) is 2.07. The zero-order valence-electron chi connectivity index (χ0n) is 5.28. The highest BCUT2D eigenvalue weighted by molar-refractivity contribution is 7.55. The highest BCUT2D eigenvalue weighted by atomic mass is 31.1. The van der Waals surface area contributed by atoms with Gasteiger partial charge in [0, 0.05) is 0 Å². The van der Waals surface area contributed by atoms with E-state index in [-0.39, 0.29) is 0 Å². The van der Waals surface area contributed by atoms with Gasteiger partial charge in [-0.05, 0) is 25.9 Å². The normalized spacial score (nSPS) is 10.3. The molecule has 0 aromatic carbocycles. The Morgan fingerprint density at radius 1 is 1.43 bits per heavy atom. The molecule has 43 valence electrons. The number of rotatable bonds is 3. The number of unbranched alkanes of at least 4 members (excludes halogenated alkanes) is 1. The first kappa shape index (κ1) is 7.43. The molecule has 0 saturated carbocycles. The molecule has 0 aliphatic heterocycles. The van der Waals surface area contributed by atoms with Crippen LogP contribution in [0.2, 0.25) is 0 Å². The van der Waals surface area contributed by atoms with Crippen LogP contribution in [0.15, 0.2) is 0 Å². The maximum atomic E-state index is 3.77. The standard InChI is InChI=1S/C6H14P/c1-4-5-6-7(2)3/h1,4-6H2,2-3H3. The molecule has 0 aromatic rings. The molecule has 0 heterocycles. The largest absolute Gasteiger partial charge is 0.113 e. The minimum atomic E-state index is 0.354. The van der Waals surface area contributed by atoms with Gasteiger partial charge in [-0.3, -0.25) is 0 Å². The summed E-state index contributed by atoms with van der Waals surface area (Å²) in [4.78, 5) is 0. The summed E-state index contributed by atoms with van der Waals surface area (Å²) in [5, 5.41) is 0. The number of hydrogen-bond donors (Lipinski definition) is 0. The summed E-state index contributed by atoms with van der Waals surface area (Å²) in [6.45, 7) is 8.39. The van der Waals surface area contributed by atoms with E-state index < -0.39 is 0 Å². The Kier molecular flexibility index (Phi) is 4.87. The van der Waals surface area contributed by atoms with Crippen molar-refractivity contribution in [1.82, 2.24) is 0 Å². The average molecular weight is 117 g/mol. The zero-order valence-corrected chi connectivity index (χ0v) is 6.17. The van der Waals surface area contributed by atoms with Crippen molar-refractivity contribution in [3.8, 4) is 0 Å². The highest BCUT2D eigenvalue weighted by Gasteiger charge is 1.87. The molecule has 0 atom stereocenters. The van der Waals surface area contributed by atoms with Crippen molar-refractivity contribution in [2.24, 2.45) is 0 Å². The first-order chi connectivity index (χ1) is 3.27. The predicted molar refractivity (Wildman–Crippen MR) is 38.2 cm³/mol. The minimum absolute atomic E-state index is 0.354. The molecule has 0 unspecified atom stereocenters. The molecule has 0 N–H and O–H groups in total. The second-order valence-electron chi connectivity index (χ2n) is 2.01. The molecule has 0 saturated heterocycles. The van der Waals surface area contributed by atoms with Crippen LogP contribution in [0, 0.1) is 6.92 Å². The van der Waals surface area contributed by atoms with Gasteiger partial charge in [0.2, 0.25) is 0 Å². The molecule has 1 heteroatoms. The fraction of sp³-hybridized carbons (Fsp3) is 0.833. The van der Waals surface area contributed by atoms with Crippen LogP contribution in [-0.2, 0) is 0 Å². The van der Waals surface area contributed by atoms with Gasteiger partial charge in [-0.25, -0.2) is 0 Å². The van der Waals surface area contributed by atoms with E-state index in [0.717, 1.165) is 6.42 Å². The van der Waals surface area contributed by atoms with Crippen molar-refractivity contribution in [3.05, 3.63) is 6.92 Å². The molecule has 0 rings (SSSR count). The van der Waals surface area contributed by atoms with Gasteiger partial charge in [0.1, 0.15) is 0 Å². The fourth-order valence-electron chi connectivity index (χ4n) is 0.428. The van der Waals surface area contributed by atoms with Gasteiger partial charge < -0.3 is 0 Å². The molecular weight excluding hydrogens is 103 g/mol. The smallest absolute Gasteiger partial charge is 0.0331 e. The van der Waals surface area contributed by atoms with Gasteiger partial charge in [-0.1, -0.05) is 13.3 Å². The Balaban J connectivity index is 2.68. The van der Waals surface area contributed by atoms with E-state index in [1.165, 1.54) is 12.6 Å². The second-order valence-corrected chi connectivity index (χ2v) is 4.62. The fourth-order valence-corrected chi connectivity index (χ4v) is 1.28. The van der Waals surface area contributed by atoms with Gasteiger partial charge in [-0.2, -0.15) is 0 Å². The summed E-state index contributed by atoms with van der Waals surface area (Å²) < 4.78 is 0. The summed E-state index contributed by atoms with van der Waals surface area (Å²) in [5.74, 6) is 0. The van der Waals surface area contributed by atoms with Crippen LogP contribution in [0.25, 0.3) is 0 Å². The molecule has 0 amide bonds. The van der Waals surface area contributed by atoms with E-state index in [2.05, 4.69) is 20.3 Å². The molecule has 0 fully saturated rings. The second kappa shape index (κ2) is 4.59. The van der Waals surface area contributed by atoms with Gasteiger partial charge in [0.05, 0.1) is 0 Å². The van der Waals surface area contributed by atoms with Crippen LogP contribution in [0.3, 0.4) is 0 Å². The molecule has 0 aliphatic rings. The topological polar surface area (TPSA) is 0 Å². The Hall–Kier alpha value is 0.430. The van der Waals surface area contributed by atoms with Crippen molar-refractivity contribution < 1.29 is 0 Å². The van der Waals surface area contributed by atoms with Crippen LogP contribution in [0.4, 0.5) is 0 Å². The third-order valence-electron chi connectivity index (χ3n) is 0.855. The quantitative estimate of drug-likeness (QED) is 0.498. The summed E-state index contributed by atoms with van der Waals surface area (Å²) in [5.41, 5.74) is 0. The summed E-state index contributed by atoms with van der Waals surface area (Å²) in [6.07, 6.45) is 3.83. The summed E-state index contributed by atoms with van der Waals surface area (Å²) >= 11 is 0. The molecular formula is C6H14P. The van der Waals surface area contributed by atoms with E-state index in [0.29, 0.717) is 7.92 Å². The van der Waals surface area contributed by atoms with Crippen molar-refractivity contribution >= 4 is 7.92 Å². The van der Waals surface area contributed by atoms with Crippen LogP contribution < -0.4 is 0 Å². The minimum Gasteiger partial charge on any atom is -0.113 e. The van der Waals surface area contributed by atoms with Gasteiger partial charge in [0.15, 0.2) is 0 Å². The third kappa shape index (κ3) is 6.43. The molecule has 1 radical (unpaired) electrons. The van der Waals surface area contributed by atoms with E-state index >= 15 is 0 Å². The molecule has 0 spiro atoms. The lowest BCUT2D eigenvalue weighted by molar-refractivity contribution is 0.964. The molecule has 0 aromatic heterocycles. The molecule has 0 bridgehead atoms. The average Bonchev–Trinajstić information content (AvgIpc) is 1.61. The molecule has 7 heavy (non-hydrogen) atoms. The first-order valence-corrected chi connectivity index (χ1v) is 5.13. The van der Waals surface area contributed by atoms with Crippen molar-refractivity contribution in [2.75, 3.05) is 19.5 Å². The van der Waals surface area contributed by atoms with Crippen molar-refractivity contribution in [2.45, 2.75) is 12.8 Å². The van der Waals surface area contributed by atoms with Gasteiger partial charge >= 0.3 is 0 Å². The summed E-state index contributed by atoms with van der Waals surface area (Å²) in [6, 6.07) is 0. The lowest BCUT2D eigenvalue weighted by Gasteiger charge is -2.00. The maximum absolute atomic E-state index is 3.77. The Labute approximate surface area is 48.1 Å². The molecule has 0 aliphatic carbocycles. The van der Waals surface area contributed by atoms with E-state index in [4.69, 9.17) is 0 Å². The highest BCUT2D eigenvalue weighted by Crippen LogP contribution is 2.24. The van der Waals surface area contributed by atoms with Gasteiger partial charge in [-0.15, -0.1) is 7.92 Å². The monoisotopic (exact) mass is 117 g/mol. The molecule has 0 nitrogen and oxygen atoms in total. The maximum Gasteiger partial charge on any atom is -0.0331 e. The zero-order chi connectivity index (χ0) is 5.70. The number of hydrogen-bond acceptors (Lipinski definition) is 0. The Morgan fingerprint density at radius 3 is 2.14 bits per heavy atom. The lowest BCUT2D eigenvalue weighted by atomic mass is 10.4. The van der Waals surface area contributed by atoms with Crippen molar-refractivity contribution in [1.29, 1.82) is 0 Å². The van der Waals surface area contributed by atoms with Crippen LogP contribution >= 0.6 is 7.92 Å². The predicted octanol–water partition coefficient (Wildman–Crippen LogP) is 2.34. The Bertz CT molecular complexity index is 33.2. The summed E-state index contributed by atoms with van der Waals surface area (Å²) in [7, 11) is 0.354.